The summed E-state index contributed by atoms with van der Waals surface area (Å²) in [5.41, 5.74) is 2.93. The normalized spacial score (nSPS) is 17.6. The van der Waals surface area contributed by atoms with Crippen molar-refractivity contribution in [3.05, 3.63) is 35.4 Å². The van der Waals surface area contributed by atoms with E-state index in [1.165, 1.54) is 37.7 Å². The van der Waals surface area contributed by atoms with Crippen molar-refractivity contribution in [1.82, 2.24) is 4.90 Å². The number of hydrogen-bond donors (Lipinski definition) is 1. The quantitative estimate of drug-likeness (QED) is 0.622. The third kappa shape index (κ3) is 3.75. The number of thiol groups is 1. The van der Waals surface area contributed by atoms with Gasteiger partial charge in [-0.25, -0.2) is 0 Å². The van der Waals surface area contributed by atoms with E-state index in [1.807, 2.05) is 0 Å². The predicted molar refractivity (Wildman–Crippen MR) is 77.6 cm³/mol. The van der Waals surface area contributed by atoms with Crippen molar-refractivity contribution >= 4 is 12.6 Å². The minimum Gasteiger partial charge on any atom is -0.293 e. The van der Waals surface area contributed by atoms with Crippen LogP contribution < -0.4 is 0 Å². The maximum absolute atomic E-state index is 4.28. The zero-order valence-electron chi connectivity index (χ0n) is 10.7. The Balaban J connectivity index is 1.97. The van der Waals surface area contributed by atoms with Crippen molar-refractivity contribution in [3.63, 3.8) is 0 Å². The molecule has 1 saturated carbocycles. The maximum Gasteiger partial charge on any atom is 0.0414 e. The molecule has 2 heteroatoms. The van der Waals surface area contributed by atoms with Gasteiger partial charge < -0.3 is 0 Å². The molecule has 0 bridgehead atoms. The van der Waals surface area contributed by atoms with Gasteiger partial charge >= 0.3 is 0 Å². The third-order valence-electron chi connectivity index (χ3n) is 3.75. The van der Waals surface area contributed by atoms with Crippen LogP contribution in [0.4, 0.5) is 0 Å². The molecule has 0 aliphatic heterocycles. The van der Waals surface area contributed by atoms with Crippen LogP contribution in [0.15, 0.2) is 24.3 Å². The lowest BCUT2D eigenvalue weighted by molar-refractivity contribution is 0.387. The van der Waals surface area contributed by atoms with Crippen LogP contribution in [-0.2, 0) is 6.54 Å². The number of benzene rings is 1. The second kappa shape index (κ2) is 6.46. The van der Waals surface area contributed by atoms with Crippen LogP contribution >= 0.6 is 12.6 Å². The molecule has 0 aromatic heterocycles. The van der Waals surface area contributed by atoms with Crippen LogP contribution in [0, 0.1) is 0 Å². The average Bonchev–Trinajstić information content (AvgIpc) is 2.40. The molecule has 1 nitrogen and oxygen atoms in total. The third-order valence-corrected chi connectivity index (χ3v) is 4.23. The van der Waals surface area contributed by atoms with Crippen molar-refractivity contribution in [1.29, 1.82) is 0 Å². The van der Waals surface area contributed by atoms with Crippen molar-refractivity contribution in [2.75, 3.05) is 12.9 Å². The van der Waals surface area contributed by atoms with Crippen molar-refractivity contribution in [2.24, 2.45) is 0 Å². The van der Waals surface area contributed by atoms with Gasteiger partial charge in [-0.1, -0.05) is 43.5 Å². The summed E-state index contributed by atoms with van der Waals surface area (Å²) in [6, 6.07) is 9.23. The van der Waals surface area contributed by atoms with Gasteiger partial charge in [-0.2, -0.15) is 12.6 Å². The molecule has 1 aromatic rings. The molecule has 1 aliphatic rings. The molecule has 0 unspecified atom stereocenters. The molecule has 2 rings (SSSR count). The van der Waals surface area contributed by atoms with Gasteiger partial charge in [0.15, 0.2) is 0 Å². The van der Waals surface area contributed by atoms with E-state index < -0.39 is 0 Å². The largest absolute Gasteiger partial charge is 0.293 e. The fourth-order valence-corrected chi connectivity index (χ4v) is 2.79. The maximum atomic E-state index is 4.28. The van der Waals surface area contributed by atoms with E-state index >= 15 is 0 Å². The van der Waals surface area contributed by atoms with Gasteiger partial charge in [0.2, 0.25) is 0 Å². The average molecular weight is 249 g/mol. The first-order valence-corrected chi connectivity index (χ1v) is 7.31. The molecule has 0 spiro atoms. The summed E-state index contributed by atoms with van der Waals surface area (Å²) in [4.78, 5) is 2.21. The van der Waals surface area contributed by atoms with Crippen LogP contribution in [0.1, 0.15) is 49.1 Å². The van der Waals surface area contributed by atoms with Gasteiger partial charge in [0.05, 0.1) is 0 Å². The standard InChI is InChI=1S/C15H23NS/c1-16(12-17)11-13-7-9-15(10-8-13)14-5-3-2-4-6-14/h7-10,14,17H,2-6,11-12H2,1H3. The molecule has 1 fully saturated rings. The molecule has 0 heterocycles. The summed E-state index contributed by atoms with van der Waals surface area (Å²) in [6.07, 6.45) is 7.02. The molecular formula is C15H23NS. The van der Waals surface area contributed by atoms with Gasteiger partial charge in [-0.3, -0.25) is 4.90 Å². The highest BCUT2D eigenvalue weighted by molar-refractivity contribution is 7.80. The van der Waals surface area contributed by atoms with E-state index in [1.54, 1.807) is 5.56 Å². The van der Waals surface area contributed by atoms with Gasteiger partial charge in [0.1, 0.15) is 0 Å². The monoisotopic (exact) mass is 249 g/mol. The summed E-state index contributed by atoms with van der Waals surface area (Å²) < 4.78 is 0. The Hall–Kier alpha value is -0.470. The first kappa shape index (κ1) is 13.0. The van der Waals surface area contributed by atoms with Crippen LogP contribution in [0.2, 0.25) is 0 Å². The first-order valence-electron chi connectivity index (χ1n) is 6.68. The lowest BCUT2D eigenvalue weighted by Crippen LogP contribution is -2.15. The molecular weight excluding hydrogens is 226 g/mol. The Bertz CT molecular complexity index is 327. The summed E-state index contributed by atoms with van der Waals surface area (Å²) in [5.74, 6) is 1.63. The van der Waals surface area contributed by atoms with E-state index in [0.29, 0.717) is 0 Å². The highest BCUT2D eigenvalue weighted by Gasteiger charge is 2.14. The molecule has 1 aliphatic carbocycles. The van der Waals surface area contributed by atoms with E-state index in [9.17, 15) is 0 Å². The van der Waals surface area contributed by atoms with Crippen molar-refractivity contribution < 1.29 is 0 Å². The molecule has 17 heavy (non-hydrogen) atoms. The fourth-order valence-electron chi connectivity index (χ4n) is 2.69. The van der Waals surface area contributed by atoms with Gasteiger partial charge in [0, 0.05) is 12.4 Å². The lowest BCUT2D eigenvalue weighted by atomic mass is 9.84. The summed E-state index contributed by atoms with van der Waals surface area (Å²) >= 11 is 4.28. The van der Waals surface area contributed by atoms with E-state index in [2.05, 4.69) is 48.8 Å². The molecule has 0 N–H and O–H groups in total. The SMILES string of the molecule is CN(CS)Cc1ccc(C2CCCCC2)cc1. The Morgan fingerprint density at radius 2 is 1.76 bits per heavy atom. The van der Waals surface area contributed by atoms with Gasteiger partial charge in [-0.15, -0.1) is 0 Å². The van der Waals surface area contributed by atoms with Crippen molar-refractivity contribution in [3.8, 4) is 0 Å². The topological polar surface area (TPSA) is 3.24 Å². The number of hydrogen-bond acceptors (Lipinski definition) is 2. The first-order chi connectivity index (χ1) is 8.29. The number of nitrogens with zero attached hydrogens (tertiary/aromatic N) is 1. The Kier molecular flexibility index (Phi) is 4.93. The predicted octanol–water partition coefficient (Wildman–Crippen LogP) is 4.05. The highest BCUT2D eigenvalue weighted by Crippen LogP contribution is 2.32. The van der Waals surface area contributed by atoms with E-state index in [-0.39, 0.29) is 0 Å². The summed E-state index contributed by atoms with van der Waals surface area (Å²) in [6.45, 7) is 0.994. The molecule has 94 valence electrons. The molecule has 0 amide bonds. The Morgan fingerprint density at radius 3 is 2.35 bits per heavy atom. The number of rotatable bonds is 4. The van der Waals surface area contributed by atoms with Crippen LogP contribution in [-0.4, -0.2) is 17.8 Å². The van der Waals surface area contributed by atoms with Crippen molar-refractivity contribution in [2.45, 2.75) is 44.6 Å². The van der Waals surface area contributed by atoms with Crippen LogP contribution in [0.5, 0.6) is 0 Å². The smallest absolute Gasteiger partial charge is 0.0414 e. The highest BCUT2D eigenvalue weighted by atomic mass is 32.1. The minimum absolute atomic E-state index is 0.810. The second-order valence-corrected chi connectivity index (χ2v) is 5.51. The zero-order valence-corrected chi connectivity index (χ0v) is 11.6. The minimum atomic E-state index is 0.810. The second-order valence-electron chi connectivity index (χ2n) is 5.23. The lowest BCUT2D eigenvalue weighted by Gasteiger charge is -2.22. The van der Waals surface area contributed by atoms with E-state index in [0.717, 1.165) is 18.3 Å². The van der Waals surface area contributed by atoms with Gasteiger partial charge in [-0.05, 0) is 36.9 Å². The van der Waals surface area contributed by atoms with Crippen LogP contribution in [0.3, 0.4) is 0 Å². The Labute approximate surface area is 111 Å². The Morgan fingerprint density at radius 1 is 1.12 bits per heavy atom. The molecule has 0 radical (unpaired) electrons. The van der Waals surface area contributed by atoms with Crippen LogP contribution in [0.25, 0.3) is 0 Å². The summed E-state index contributed by atoms with van der Waals surface area (Å²) in [7, 11) is 2.10. The zero-order chi connectivity index (χ0) is 12.1. The summed E-state index contributed by atoms with van der Waals surface area (Å²) in [5, 5.41) is 0. The molecule has 0 saturated heterocycles. The molecule has 0 atom stereocenters. The van der Waals surface area contributed by atoms with E-state index in [4.69, 9.17) is 0 Å². The fraction of sp³-hybridized carbons (Fsp3) is 0.600. The molecule has 1 aromatic carbocycles. The van der Waals surface area contributed by atoms with Gasteiger partial charge in [0.25, 0.3) is 0 Å².